The van der Waals surface area contributed by atoms with E-state index in [2.05, 4.69) is 10.0 Å². The van der Waals surface area contributed by atoms with Gasteiger partial charge in [-0.05, 0) is 42.0 Å². The summed E-state index contributed by atoms with van der Waals surface area (Å²) in [4.78, 5) is 43.4. The van der Waals surface area contributed by atoms with Crippen molar-refractivity contribution in [1.82, 2.24) is 19.8 Å². The standard InChI is InChI=1S/C28H30Cl2N4O5S2/c1-27(2,3)24(32-25(36)20-12-16-8-5-6-11-19(16)40-20)26(37)34-14-21-28(34,4)15-33(21)22(35)13-31-41(38,39)23-17(29)9-7-10-18(23)30/h5-12,21,24,31H,13-15H2,1-4H3,(H,32,36)/t21-,24?,28?/m1/s1. The van der Waals surface area contributed by atoms with Crippen LogP contribution in [0.2, 0.25) is 10.0 Å². The van der Waals surface area contributed by atoms with Crippen molar-refractivity contribution in [3.63, 3.8) is 0 Å². The maximum Gasteiger partial charge on any atom is 0.262 e. The number of sulfonamides is 1. The van der Waals surface area contributed by atoms with E-state index in [0.29, 0.717) is 4.88 Å². The first-order chi connectivity index (χ1) is 19.1. The number of likely N-dealkylation sites (tertiary alicyclic amines) is 2. The highest BCUT2D eigenvalue weighted by atomic mass is 35.5. The summed E-state index contributed by atoms with van der Waals surface area (Å²) in [5.74, 6) is -0.943. The predicted molar refractivity (Wildman–Crippen MR) is 160 cm³/mol. The Morgan fingerprint density at radius 2 is 1.76 bits per heavy atom. The lowest BCUT2D eigenvalue weighted by atomic mass is 9.70. The Morgan fingerprint density at radius 1 is 1.10 bits per heavy atom. The molecular formula is C28H30Cl2N4O5S2. The topological polar surface area (TPSA) is 116 Å². The van der Waals surface area contributed by atoms with Crippen molar-refractivity contribution >= 4 is 72.4 Å². The van der Waals surface area contributed by atoms with Gasteiger partial charge in [-0.1, -0.05) is 68.2 Å². The molecule has 3 atom stereocenters. The van der Waals surface area contributed by atoms with E-state index in [1.54, 1.807) is 9.80 Å². The van der Waals surface area contributed by atoms with Crippen LogP contribution in [0.25, 0.3) is 10.1 Å². The number of thiophene rings is 1. The van der Waals surface area contributed by atoms with Crippen molar-refractivity contribution in [2.45, 2.75) is 50.2 Å². The number of nitrogens with one attached hydrogen (secondary N) is 2. The fourth-order valence-electron chi connectivity index (χ4n) is 5.39. The van der Waals surface area contributed by atoms with Crippen LogP contribution >= 0.6 is 34.5 Å². The molecule has 0 saturated carbocycles. The highest BCUT2D eigenvalue weighted by Gasteiger charge is 2.65. The Bertz CT molecular complexity index is 1620. The van der Waals surface area contributed by atoms with Crippen LogP contribution in [0.3, 0.4) is 0 Å². The molecule has 2 aliphatic heterocycles. The second-order valence-corrected chi connectivity index (χ2v) is 15.2. The van der Waals surface area contributed by atoms with Crippen molar-refractivity contribution in [1.29, 1.82) is 0 Å². The third-order valence-corrected chi connectivity index (χ3v) is 11.3. The summed E-state index contributed by atoms with van der Waals surface area (Å²) in [7, 11) is -4.12. The Balaban J connectivity index is 1.22. The average molecular weight is 638 g/mol. The number of halogens is 2. The SMILES string of the molecule is CC(C)(C)C(NC(=O)c1cc2ccccc2s1)C(=O)N1C[C@H]2N(C(=O)CNS(=O)(=O)c3c(Cl)cccc3Cl)CC21C. The zero-order chi connectivity index (χ0) is 29.9. The van der Waals surface area contributed by atoms with E-state index < -0.39 is 39.5 Å². The van der Waals surface area contributed by atoms with Gasteiger partial charge in [0.1, 0.15) is 10.9 Å². The molecule has 3 aromatic rings. The van der Waals surface area contributed by atoms with Crippen LogP contribution in [0.15, 0.2) is 53.4 Å². The molecule has 0 bridgehead atoms. The lowest BCUT2D eigenvalue weighted by Gasteiger charge is -2.69. The molecule has 218 valence electrons. The van der Waals surface area contributed by atoms with E-state index in [1.165, 1.54) is 29.5 Å². The number of hydrogen-bond donors (Lipinski definition) is 2. The Labute approximate surface area is 252 Å². The molecule has 41 heavy (non-hydrogen) atoms. The normalized spacial score (nSPS) is 21.1. The van der Waals surface area contributed by atoms with Crippen LogP contribution in [-0.2, 0) is 19.6 Å². The van der Waals surface area contributed by atoms with Crippen LogP contribution in [-0.4, -0.2) is 73.2 Å². The monoisotopic (exact) mass is 636 g/mol. The first-order valence-electron chi connectivity index (χ1n) is 13.0. The minimum absolute atomic E-state index is 0.0463. The fraction of sp³-hybridized carbons (Fsp3) is 0.393. The molecule has 5 rings (SSSR count). The Kier molecular flexibility index (Phi) is 7.65. The number of piperazine rings is 1. The summed E-state index contributed by atoms with van der Waals surface area (Å²) in [6.07, 6.45) is 0. The molecule has 2 aromatic carbocycles. The van der Waals surface area contributed by atoms with Gasteiger partial charge in [0.05, 0.1) is 33.0 Å². The second-order valence-electron chi connectivity index (χ2n) is 11.6. The quantitative estimate of drug-likeness (QED) is 0.404. The summed E-state index contributed by atoms with van der Waals surface area (Å²) < 4.78 is 28.8. The van der Waals surface area contributed by atoms with Crippen molar-refractivity contribution in [3.05, 3.63) is 63.5 Å². The van der Waals surface area contributed by atoms with Crippen LogP contribution in [0.1, 0.15) is 37.4 Å². The van der Waals surface area contributed by atoms with E-state index in [9.17, 15) is 22.8 Å². The molecule has 3 heterocycles. The Morgan fingerprint density at radius 3 is 2.34 bits per heavy atom. The molecule has 2 saturated heterocycles. The van der Waals surface area contributed by atoms with Gasteiger partial charge in [-0.25, -0.2) is 13.1 Å². The van der Waals surface area contributed by atoms with Gasteiger partial charge in [-0.2, -0.15) is 0 Å². The van der Waals surface area contributed by atoms with Gasteiger partial charge in [0.25, 0.3) is 5.91 Å². The molecule has 13 heteroatoms. The summed E-state index contributed by atoms with van der Waals surface area (Å²) >= 11 is 13.4. The van der Waals surface area contributed by atoms with E-state index in [-0.39, 0.29) is 45.9 Å². The molecule has 2 aliphatic rings. The van der Waals surface area contributed by atoms with Gasteiger partial charge in [0.2, 0.25) is 21.8 Å². The third kappa shape index (κ3) is 5.34. The maximum atomic E-state index is 13.8. The molecule has 1 aromatic heterocycles. The second kappa shape index (κ2) is 10.5. The number of fused-ring (bicyclic) bond motifs is 2. The number of amides is 3. The zero-order valence-electron chi connectivity index (χ0n) is 22.9. The molecule has 0 radical (unpaired) electrons. The van der Waals surface area contributed by atoms with E-state index in [4.69, 9.17) is 23.2 Å². The van der Waals surface area contributed by atoms with E-state index in [0.717, 1.165) is 10.1 Å². The molecule has 3 amide bonds. The summed E-state index contributed by atoms with van der Waals surface area (Å²) in [5.41, 5.74) is -1.17. The first kappa shape index (κ1) is 29.8. The lowest BCUT2D eigenvalue weighted by Crippen LogP contribution is -2.89. The van der Waals surface area contributed by atoms with E-state index in [1.807, 2.05) is 58.0 Å². The fourth-order valence-corrected chi connectivity index (χ4v) is 8.47. The van der Waals surface area contributed by atoms with Crippen LogP contribution < -0.4 is 10.0 Å². The van der Waals surface area contributed by atoms with Crippen molar-refractivity contribution in [2.24, 2.45) is 5.41 Å². The molecule has 9 nitrogen and oxygen atoms in total. The lowest BCUT2D eigenvalue weighted by molar-refractivity contribution is -0.206. The third-order valence-electron chi connectivity index (χ3n) is 7.78. The number of nitrogens with zero attached hydrogens (tertiary/aromatic N) is 2. The average Bonchev–Trinajstić information content (AvgIpc) is 3.33. The van der Waals surface area contributed by atoms with Gasteiger partial charge in [-0.15, -0.1) is 11.3 Å². The molecular weight excluding hydrogens is 607 g/mol. The number of rotatable bonds is 7. The van der Waals surface area contributed by atoms with Gasteiger partial charge < -0.3 is 15.1 Å². The van der Waals surface area contributed by atoms with Gasteiger partial charge in [0.15, 0.2) is 0 Å². The maximum absolute atomic E-state index is 13.8. The van der Waals surface area contributed by atoms with Crippen molar-refractivity contribution in [3.8, 4) is 0 Å². The highest BCUT2D eigenvalue weighted by molar-refractivity contribution is 7.89. The highest BCUT2D eigenvalue weighted by Crippen LogP contribution is 2.45. The summed E-state index contributed by atoms with van der Waals surface area (Å²) in [6.45, 7) is 7.65. The van der Waals surface area contributed by atoms with Gasteiger partial charge in [-0.3, -0.25) is 14.4 Å². The number of benzene rings is 2. The number of carbonyl (C=O) groups is 3. The van der Waals surface area contributed by atoms with Crippen molar-refractivity contribution in [2.75, 3.05) is 19.6 Å². The van der Waals surface area contributed by atoms with Crippen LogP contribution in [0.5, 0.6) is 0 Å². The molecule has 0 aliphatic carbocycles. The predicted octanol–water partition coefficient (Wildman–Crippen LogP) is 4.14. The Hall–Kier alpha value is -2.70. The van der Waals surface area contributed by atoms with Crippen LogP contribution in [0.4, 0.5) is 0 Å². The zero-order valence-corrected chi connectivity index (χ0v) is 26.0. The van der Waals surface area contributed by atoms with Crippen LogP contribution in [0, 0.1) is 5.41 Å². The number of hydrogen-bond acceptors (Lipinski definition) is 6. The minimum Gasteiger partial charge on any atom is -0.339 e. The van der Waals surface area contributed by atoms with Gasteiger partial charge >= 0.3 is 0 Å². The molecule has 2 N–H and O–H groups in total. The summed E-state index contributed by atoms with van der Waals surface area (Å²) in [5, 5.41) is 3.83. The number of carbonyl (C=O) groups excluding carboxylic acids is 3. The van der Waals surface area contributed by atoms with E-state index >= 15 is 0 Å². The molecule has 2 unspecified atom stereocenters. The molecule has 2 fully saturated rings. The molecule has 0 spiro atoms. The minimum atomic E-state index is -4.12. The van der Waals surface area contributed by atoms with Gasteiger partial charge in [0, 0.05) is 17.8 Å². The first-order valence-corrected chi connectivity index (χ1v) is 16.0. The summed E-state index contributed by atoms with van der Waals surface area (Å²) in [6, 6.07) is 12.8. The largest absolute Gasteiger partial charge is 0.339 e. The smallest absolute Gasteiger partial charge is 0.262 e. The van der Waals surface area contributed by atoms with Crippen molar-refractivity contribution < 1.29 is 22.8 Å².